The average Bonchev–Trinajstić information content (AvgIpc) is 2.96. The first-order valence-corrected chi connectivity index (χ1v) is 6.89. The summed E-state index contributed by atoms with van der Waals surface area (Å²) in [6.07, 6.45) is 5.46. The van der Waals surface area contributed by atoms with Gasteiger partial charge in [-0.25, -0.2) is 4.98 Å². The maximum atomic E-state index is 11.9. The molecule has 0 bridgehead atoms. The summed E-state index contributed by atoms with van der Waals surface area (Å²) < 4.78 is 5.48. The number of thiazole rings is 1. The van der Waals surface area contributed by atoms with Crippen LogP contribution in [0.2, 0.25) is 0 Å². The Kier molecular flexibility index (Phi) is 4.12. The molecule has 17 heavy (non-hydrogen) atoms. The first kappa shape index (κ1) is 12.5. The lowest BCUT2D eigenvalue weighted by molar-refractivity contribution is -0.139. The monoisotopic (exact) mass is 254 g/mol. The summed E-state index contributed by atoms with van der Waals surface area (Å²) in [6.45, 7) is 3.26. The van der Waals surface area contributed by atoms with Crippen LogP contribution < -0.4 is 5.32 Å². The Morgan fingerprint density at radius 3 is 3.24 bits per heavy atom. The first-order chi connectivity index (χ1) is 8.21. The molecule has 1 fully saturated rings. The summed E-state index contributed by atoms with van der Waals surface area (Å²) in [4.78, 5) is 16.1. The Balaban J connectivity index is 1.66. The van der Waals surface area contributed by atoms with Crippen molar-refractivity contribution < 1.29 is 9.53 Å². The molecule has 0 spiro atoms. The van der Waals surface area contributed by atoms with Gasteiger partial charge in [0.15, 0.2) is 0 Å². The number of ether oxygens (including phenoxy) is 1. The van der Waals surface area contributed by atoms with Crippen LogP contribution in [0.3, 0.4) is 0 Å². The predicted octanol–water partition coefficient (Wildman–Crippen LogP) is 1.76. The van der Waals surface area contributed by atoms with Crippen molar-refractivity contribution >= 4 is 17.2 Å². The molecule has 94 valence electrons. The van der Waals surface area contributed by atoms with Crippen LogP contribution in [0.5, 0.6) is 0 Å². The SMILES string of the molecule is C[C@]1(C(=O)NCCCc2nccs2)CCCO1. The van der Waals surface area contributed by atoms with E-state index >= 15 is 0 Å². The van der Waals surface area contributed by atoms with E-state index in [2.05, 4.69) is 10.3 Å². The molecule has 1 saturated heterocycles. The van der Waals surface area contributed by atoms with Crippen molar-refractivity contribution in [1.82, 2.24) is 10.3 Å². The number of aromatic nitrogens is 1. The zero-order chi connectivity index (χ0) is 12.1. The molecule has 5 heteroatoms. The molecule has 0 radical (unpaired) electrons. The number of hydrogen-bond donors (Lipinski definition) is 1. The van der Waals surface area contributed by atoms with Crippen LogP contribution in [-0.2, 0) is 16.0 Å². The first-order valence-electron chi connectivity index (χ1n) is 6.01. The fourth-order valence-electron chi connectivity index (χ4n) is 1.96. The van der Waals surface area contributed by atoms with Crippen LogP contribution in [0.15, 0.2) is 11.6 Å². The van der Waals surface area contributed by atoms with Gasteiger partial charge in [-0.15, -0.1) is 11.3 Å². The van der Waals surface area contributed by atoms with Gasteiger partial charge in [-0.05, 0) is 26.2 Å². The Labute approximate surface area is 105 Å². The minimum Gasteiger partial charge on any atom is -0.365 e. The van der Waals surface area contributed by atoms with Crippen molar-refractivity contribution in [1.29, 1.82) is 0 Å². The number of carbonyl (C=O) groups is 1. The second kappa shape index (κ2) is 5.60. The highest BCUT2D eigenvalue weighted by Crippen LogP contribution is 2.24. The van der Waals surface area contributed by atoms with E-state index in [4.69, 9.17) is 4.74 Å². The number of carbonyl (C=O) groups excluding carboxylic acids is 1. The number of rotatable bonds is 5. The second-order valence-corrected chi connectivity index (χ2v) is 5.45. The highest BCUT2D eigenvalue weighted by molar-refractivity contribution is 7.09. The molecule has 0 aliphatic carbocycles. The largest absolute Gasteiger partial charge is 0.365 e. The molecular formula is C12H18N2O2S. The van der Waals surface area contributed by atoms with Crippen LogP contribution in [0.25, 0.3) is 0 Å². The maximum absolute atomic E-state index is 11.9. The molecular weight excluding hydrogens is 236 g/mol. The molecule has 1 atom stereocenters. The second-order valence-electron chi connectivity index (χ2n) is 4.47. The van der Waals surface area contributed by atoms with E-state index in [-0.39, 0.29) is 5.91 Å². The number of nitrogens with one attached hydrogen (secondary N) is 1. The van der Waals surface area contributed by atoms with Crippen molar-refractivity contribution in [2.45, 2.75) is 38.2 Å². The van der Waals surface area contributed by atoms with E-state index < -0.39 is 5.60 Å². The highest BCUT2D eigenvalue weighted by Gasteiger charge is 2.37. The third-order valence-electron chi connectivity index (χ3n) is 3.04. The van der Waals surface area contributed by atoms with E-state index in [0.717, 1.165) is 30.7 Å². The molecule has 0 saturated carbocycles. The van der Waals surface area contributed by atoms with Gasteiger partial charge in [-0.3, -0.25) is 4.79 Å². The zero-order valence-corrected chi connectivity index (χ0v) is 10.9. The van der Waals surface area contributed by atoms with Gasteiger partial charge in [0.2, 0.25) is 0 Å². The molecule has 1 aromatic heterocycles. The van der Waals surface area contributed by atoms with E-state index in [9.17, 15) is 4.79 Å². The van der Waals surface area contributed by atoms with Gasteiger partial charge in [0.25, 0.3) is 5.91 Å². The molecule has 4 nitrogen and oxygen atoms in total. The summed E-state index contributed by atoms with van der Waals surface area (Å²) in [7, 11) is 0. The summed E-state index contributed by atoms with van der Waals surface area (Å²) in [5.74, 6) is 0.0224. The predicted molar refractivity (Wildman–Crippen MR) is 67.0 cm³/mol. The lowest BCUT2D eigenvalue weighted by Gasteiger charge is -2.21. The lowest BCUT2D eigenvalue weighted by Crippen LogP contribution is -2.44. The summed E-state index contributed by atoms with van der Waals surface area (Å²) >= 11 is 1.66. The standard InChI is InChI=1S/C12H18N2O2S/c1-12(5-3-8-16-12)11(15)14-6-2-4-10-13-7-9-17-10/h7,9H,2-6,8H2,1H3,(H,14,15)/t12-/m1/s1. The average molecular weight is 254 g/mol. The fourth-order valence-corrected chi connectivity index (χ4v) is 2.63. The van der Waals surface area contributed by atoms with Gasteiger partial charge in [-0.2, -0.15) is 0 Å². The van der Waals surface area contributed by atoms with Crippen LogP contribution in [0.4, 0.5) is 0 Å². The van der Waals surface area contributed by atoms with Crippen LogP contribution >= 0.6 is 11.3 Å². The van der Waals surface area contributed by atoms with Gasteiger partial charge >= 0.3 is 0 Å². The topological polar surface area (TPSA) is 51.2 Å². The quantitative estimate of drug-likeness (QED) is 0.815. The molecule has 1 N–H and O–H groups in total. The molecule has 1 aromatic rings. The molecule has 2 heterocycles. The third kappa shape index (κ3) is 3.26. The Morgan fingerprint density at radius 2 is 2.59 bits per heavy atom. The minimum absolute atomic E-state index is 0.0224. The van der Waals surface area contributed by atoms with Crippen molar-refractivity contribution in [3.8, 4) is 0 Å². The fraction of sp³-hybridized carbons (Fsp3) is 0.667. The van der Waals surface area contributed by atoms with Crippen molar-refractivity contribution in [3.63, 3.8) is 0 Å². The van der Waals surface area contributed by atoms with Gasteiger partial charge < -0.3 is 10.1 Å². The Morgan fingerprint density at radius 1 is 1.71 bits per heavy atom. The number of aryl methyl sites for hydroxylation is 1. The van der Waals surface area contributed by atoms with Gasteiger partial charge in [-0.1, -0.05) is 0 Å². The summed E-state index contributed by atoms with van der Waals surface area (Å²) in [5, 5.41) is 6.04. The number of amides is 1. The normalized spacial score (nSPS) is 23.8. The smallest absolute Gasteiger partial charge is 0.251 e. The maximum Gasteiger partial charge on any atom is 0.251 e. The van der Waals surface area contributed by atoms with Gasteiger partial charge in [0.05, 0.1) is 5.01 Å². The molecule has 1 amide bonds. The number of hydrogen-bond acceptors (Lipinski definition) is 4. The van der Waals surface area contributed by atoms with Crippen LogP contribution in [0, 0.1) is 0 Å². The molecule has 2 rings (SSSR count). The van der Waals surface area contributed by atoms with Crippen molar-refractivity contribution in [2.75, 3.05) is 13.2 Å². The molecule has 0 unspecified atom stereocenters. The molecule has 1 aliphatic heterocycles. The van der Waals surface area contributed by atoms with Crippen molar-refractivity contribution in [2.24, 2.45) is 0 Å². The van der Waals surface area contributed by atoms with E-state index in [1.165, 1.54) is 0 Å². The Bertz CT molecular complexity index is 359. The minimum atomic E-state index is -0.596. The van der Waals surface area contributed by atoms with E-state index in [1.54, 1.807) is 11.3 Å². The zero-order valence-electron chi connectivity index (χ0n) is 10.1. The number of nitrogens with zero attached hydrogens (tertiary/aromatic N) is 1. The van der Waals surface area contributed by atoms with E-state index in [1.807, 2.05) is 18.5 Å². The van der Waals surface area contributed by atoms with Gasteiger partial charge in [0.1, 0.15) is 5.60 Å². The summed E-state index contributed by atoms with van der Waals surface area (Å²) in [6, 6.07) is 0. The Hall–Kier alpha value is -0.940. The van der Waals surface area contributed by atoms with Gasteiger partial charge in [0, 0.05) is 31.1 Å². The highest BCUT2D eigenvalue weighted by atomic mass is 32.1. The summed E-state index contributed by atoms with van der Waals surface area (Å²) in [5.41, 5.74) is -0.596. The third-order valence-corrected chi connectivity index (χ3v) is 3.87. The molecule has 0 aromatic carbocycles. The lowest BCUT2D eigenvalue weighted by atomic mass is 10.0. The van der Waals surface area contributed by atoms with E-state index in [0.29, 0.717) is 13.2 Å². The van der Waals surface area contributed by atoms with Crippen LogP contribution in [-0.4, -0.2) is 29.6 Å². The molecule has 1 aliphatic rings. The van der Waals surface area contributed by atoms with Crippen LogP contribution in [0.1, 0.15) is 31.2 Å². The van der Waals surface area contributed by atoms with Crippen molar-refractivity contribution in [3.05, 3.63) is 16.6 Å².